The molecule has 2 N–H and O–H groups in total. The maximum absolute atomic E-state index is 12.1. The van der Waals surface area contributed by atoms with Gasteiger partial charge in [0.25, 0.3) is 5.91 Å². The number of hydrogen-bond donors (Lipinski definition) is 2. The van der Waals surface area contributed by atoms with E-state index in [1.807, 2.05) is 26.0 Å². The Balaban J connectivity index is 1.66. The second kappa shape index (κ2) is 12.4. The van der Waals surface area contributed by atoms with Crippen LogP contribution in [0.2, 0.25) is 0 Å². The summed E-state index contributed by atoms with van der Waals surface area (Å²) >= 11 is 0. The second-order valence-corrected chi connectivity index (χ2v) is 7.94. The number of hydrogen-bond acceptors (Lipinski definition) is 6. The molecule has 0 aliphatic carbocycles. The number of carbonyl (C=O) groups is 4. The molecule has 0 fully saturated rings. The highest BCUT2D eigenvalue weighted by molar-refractivity contribution is 5.94. The van der Waals surface area contributed by atoms with Gasteiger partial charge in [0, 0.05) is 24.2 Å². The van der Waals surface area contributed by atoms with E-state index in [1.165, 1.54) is 0 Å². The maximum atomic E-state index is 12.1. The van der Waals surface area contributed by atoms with Gasteiger partial charge in [0.2, 0.25) is 5.91 Å². The van der Waals surface area contributed by atoms with Gasteiger partial charge in [0.05, 0.1) is 11.7 Å². The Labute approximate surface area is 193 Å². The first-order valence-electron chi connectivity index (χ1n) is 10.8. The number of anilines is 2. The number of carbonyl (C=O) groups excluding carboxylic acids is 4. The van der Waals surface area contributed by atoms with Crippen LogP contribution in [0.15, 0.2) is 42.5 Å². The molecule has 0 heterocycles. The summed E-state index contributed by atoms with van der Waals surface area (Å²) in [5.74, 6) is -1.67. The van der Waals surface area contributed by atoms with E-state index < -0.39 is 17.8 Å². The van der Waals surface area contributed by atoms with E-state index in [1.54, 1.807) is 44.2 Å². The number of amides is 2. The first kappa shape index (κ1) is 25.6. The third-order valence-corrected chi connectivity index (χ3v) is 4.69. The van der Waals surface area contributed by atoms with Crippen LogP contribution in [-0.2, 0) is 23.9 Å². The van der Waals surface area contributed by atoms with E-state index >= 15 is 0 Å². The highest BCUT2D eigenvalue weighted by atomic mass is 16.5. The van der Waals surface area contributed by atoms with Crippen molar-refractivity contribution in [2.24, 2.45) is 0 Å². The van der Waals surface area contributed by atoms with Crippen molar-refractivity contribution in [2.75, 3.05) is 17.2 Å². The Morgan fingerprint density at radius 3 is 2.09 bits per heavy atom. The molecule has 2 aromatic carbocycles. The Morgan fingerprint density at radius 1 is 0.818 bits per heavy atom. The van der Waals surface area contributed by atoms with Crippen LogP contribution in [0.4, 0.5) is 11.4 Å². The smallest absolute Gasteiger partial charge is 0.338 e. The van der Waals surface area contributed by atoms with Gasteiger partial charge in [-0.1, -0.05) is 6.07 Å². The summed E-state index contributed by atoms with van der Waals surface area (Å²) in [5, 5.41) is 5.38. The van der Waals surface area contributed by atoms with Crippen molar-refractivity contribution in [3.05, 3.63) is 59.2 Å². The first-order valence-corrected chi connectivity index (χ1v) is 10.8. The molecule has 0 bridgehead atoms. The summed E-state index contributed by atoms with van der Waals surface area (Å²) in [5.41, 5.74) is 3.73. The molecular formula is C25H30N2O6. The number of rotatable bonds is 10. The molecule has 2 rings (SSSR count). The number of nitrogens with one attached hydrogen (secondary N) is 2. The quantitative estimate of drug-likeness (QED) is 0.522. The fraction of sp³-hybridized carbons (Fsp3) is 0.360. The van der Waals surface area contributed by atoms with Crippen LogP contribution in [0.5, 0.6) is 0 Å². The molecular weight excluding hydrogens is 424 g/mol. The summed E-state index contributed by atoms with van der Waals surface area (Å²) in [4.78, 5) is 47.7. The molecule has 0 saturated carbocycles. The topological polar surface area (TPSA) is 111 Å². The van der Waals surface area contributed by atoms with Crippen LogP contribution in [0, 0.1) is 13.8 Å². The number of esters is 2. The van der Waals surface area contributed by atoms with E-state index in [0.717, 1.165) is 11.1 Å². The monoisotopic (exact) mass is 454 g/mol. The first-order chi connectivity index (χ1) is 15.6. The van der Waals surface area contributed by atoms with Gasteiger partial charge in [-0.05, 0) is 81.6 Å². The normalized spacial score (nSPS) is 10.5. The van der Waals surface area contributed by atoms with Crippen molar-refractivity contribution in [3.8, 4) is 0 Å². The lowest BCUT2D eigenvalue weighted by atomic mass is 10.1. The lowest BCUT2D eigenvalue weighted by molar-refractivity contribution is -0.147. The van der Waals surface area contributed by atoms with Gasteiger partial charge < -0.3 is 20.1 Å². The molecule has 0 spiro atoms. The number of ether oxygens (including phenoxy) is 2. The van der Waals surface area contributed by atoms with Gasteiger partial charge in [-0.15, -0.1) is 0 Å². The molecule has 176 valence electrons. The van der Waals surface area contributed by atoms with Crippen LogP contribution in [0.25, 0.3) is 0 Å². The molecule has 2 amide bonds. The number of aryl methyl sites for hydroxylation is 2. The lowest BCUT2D eigenvalue weighted by Gasteiger charge is -2.09. The minimum absolute atomic E-state index is 0.0182. The molecule has 0 atom stereocenters. The van der Waals surface area contributed by atoms with E-state index in [2.05, 4.69) is 10.6 Å². The Bertz CT molecular complexity index is 998. The second-order valence-electron chi connectivity index (χ2n) is 7.94. The van der Waals surface area contributed by atoms with Gasteiger partial charge in [-0.2, -0.15) is 0 Å². The fourth-order valence-electron chi connectivity index (χ4n) is 2.82. The molecule has 0 radical (unpaired) electrons. The predicted octanol–water partition coefficient (Wildman–Crippen LogP) is 4.16. The standard InChI is InChI=1S/C25H30N2O6/c1-16(2)33-25(31)19-9-12-20(13-10-19)26-22(28)6-5-7-24(30)32-15-23(29)27-21-11-8-17(3)18(4)14-21/h8-14,16H,5-7,15H2,1-4H3,(H,26,28)(H,27,29). The van der Waals surface area contributed by atoms with Crippen molar-refractivity contribution in [3.63, 3.8) is 0 Å². The highest BCUT2D eigenvalue weighted by Crippen LogP contribution is 2.14. The van der Waals surface area contributed by atoms with E-state index in [9.17, 15) is 19.2 Å². The van der Waals surface area contributed by atoms with Crippen molar-refractivity contribution < 1.29 is 28.7 Å². The average molecular weight is 455 g/mol. The zero-order chi connectivity index (χ0) is 24.4. The lowest BCUT2D eigenvalue weighted by Crippen LogP contribution is -2.21. The van der Waals surface area contributed by atoms with Crippen LogP contribution in [0.3, 0.4) is 0 Å². The Kier molecular flexibility index (Phi) is 9.60. The molecule has 2 aromatic rings. The Hall–Kier alpha value is -3.68. The molecule has 0 saturated heterocycles. The third-order valence-electron chi connectivity index (χ3n) is 4.69. The van der Waals surface area contributed by atoms with Crippen LogP contribution >= 0.6 is 0 Å². The molecule has 0 aliphatic rings. The minimum atomic E-state index is -0.550. The molecule has 0 aliphatic heterocycles. The average Bonchev–Trinajstić information content (AvgIpc) is 2.75. The van der Waals surface area contributed by atoms with Crippen molar-refractivity contribution in [1.29, 1.82) is 0 Å². The third kappa shape index (κ3) is 9.14. The fourth-order valence-corrected chi connectivity index (χ4v) is 2.82. The van der Waals surface area contributed by atoms with Crippen molar-refractivity contribution in [1.82, 2.24) is 0 Å². The highest BCUT2D eigenvalue weighted by Gasteiger charge is 2.12. The summed E-state index contributed by atoms with van der Waals surface area (Å²) < 4.78 is 10.1. The van der Waals surface area contributed by atoms with E-state index in [-0.39, 0.29) is 37.9 Å². The summed E-state index contributed by atoms with van der Waals surface area (Å²) in [6.45, 7) is 7.07. The van der Waals surface area contributed by atoms with Gasteiger partial charge in [-0.25, -0.2) is 4.79 Å². The van der Waals surface area contributed by atoms with Crippen molar-refractivity contribution >= 4 is 35.1 Å². The molecule has 0 unspecified atom stereocenters. The molecule has 0 aromatic heterocycles. The van der Waals surface area contributed by atoms with Gasteiger partial charge in [0.1, 0.15) is 0 Å². The summed E-state index contributed by atoms with van der Waals surface area (Å²) in [6.07, 6.45) is 0.198. The van der Waals surface area contributed by atoms with Crippen molar-refractivity contribution in [2.45, 2.75) is 53.1 Å². The van der Waals surface area contributed by atoms with Gasteiger partial charge >= 0.3 is 11.9 Å². The van der Waals surface area contributed by atoms with Crippen LogP contribution in [-0.4, -0.2) is 36.5 Å². The van der Waals surface area contributed by atoms with Crippen LogP contribution < -0.4 is 10.6 Å². The summed E-state index contributed by atoms with van der Waals surface area (Å²) in [6, 6.07) is 11.9. The largest absolute Gasteiger partial charge is 0.459 e. The minimum Gasteiger partial charge on any atom is -0.459 e. The molecule has 33 heavy (non-hydrogen) atoms. The molecule has 8 nitrogen and oxygen atoms in total. The Morgan fingerprint density at radius 2 is 1.45 bits per heavy atom. The SMILES string of the molecule is Cc1ccc(NC(=O)COC(=O)CCCC(=O)Nc2ccc(C(=O)OC(C)C)cc2)cc1C. The molecule has 8 heteroatoms. The predicted molar refractivity (Wildman–Crippen MR) is 125 cm³/mol. The summed E-state index contributed by atoms with van der Waals surface area (Å²) in [7, 11) is 0. The maximum Gasteiger partial charge on any atom is 0.338 e. The van der Waals surface area contributed by atoms with E-state index in [4.69, 9.17) is 9.47 Å². The van der Waals surface area contributed by atoms with E-state index in [0.29, 0.717) is 16.9 Å². The zero-order valence-electron chi connectivity index (χ0n) is 19.4. The van der Waals surface area contributed by atoms with Gasteiger partial charge in [0.15, 0.2) is 6.61 Å². The zero-order valence-corrected chi connectivity index (χ0v) is 19.4. The van der Waals surface area contributed by atoms with Gasteiger partial charge in [-0.3, -0.25) is 14.4 Å². The number of benzene rings is 2. The van der Waals surface area contributed by atoms with Crippen LogP contribution in [0.1, 0.15) is 54.6 Å².